The van der Waals surface area contributed by atoms with Gasteiger partial charge in [-0.05, 0) is 5.92 Å². The van der Waals surface area contributed by atoms with Crippen LogP contribution in [0.25, 0.3) is 0 Å². The molecule has 0 saturated heterocycles. The molecule has 0 aromatic rings. The minimum absolute atomic E-state index is 1.01. The number of hydrogen-bond donors (Lipinski definition) is 0. The molecule has 0 amide bonds. The van der Waals surface area contributed by atoms with Crippen LogP contribution in [0.1, 0.15) is 78.1 Å². The van der Waals surface area contributed by atoms with Crippen LogP contribution in [0.4, 0.5) is 0 Å². The van der Waals surface area contributed by atoms with Crippen molar-refractivity contribution < 1.29 is 0 Å². The lowest BCUT2D eigenvalue weighted by Gasteiger charge is -2.13. The summed E-state index contributed by atoms with van der Waals surface area (Å²) in [6, 6.07) is 0. The third-order valence-corrected chi connectivity index (χ3v) is 3.16. The smallest absolute Gasteiger partial charge is 0.0417 e. The third kappa shape index (κ3) is 8.59. The fourth-order valence-electron chi connectivity index (χ4n) is 2.02. The van der Waals surface area contributed by atoms with Crippen LogP contribution in [0.2, 0.25) is 0 Å². The predicted octanol–water partition coefficient (Wildman–Crippen LogP) is 5.38. The minimum atomic E-state index is 1.01. The van der Waals surface area contributed by atoms with E-state index in [-0.39, 0.29) is 0 Å². The Bertz CT molecular complexity index is 96.2. The van der Waals surface area contributed by atoms with Gasteiger partial charge in [0.2, 0.25) is 0 Å². The van der Waals surface area contributed by atoms with Gasteiger partial charge >= 0.3 is 0 Å². The van der Waals surface area contributed by atoms with E-state index in [1.54, 1.807) is 0 Å². The molecular formula is C14H29. The summed E-state index contributed by atoms with van der Waals surface area (Å²) in [5.41, 5.74) is 0. The molecule has 0 heterocycles. The highest BCUT2D eigenvalue weighted by molar-refractivity contribution is 4.58. The second-order valence-electron chi connectivity index (χ2n) is 4.47. The molecule has 0 aliphatic heterocycles. The van der Waals surface area contributed by atoms with Gasteiger partial charge in [-0.2, -0.15) is 0 Å². The topological polar surface area (TPSA) is 0 Å². The van der Waals surface area contributed by atoms with Crippen LogP contribution in [0.5, 0.6) is 0 Å². The maximum Gasteiger partial charge on any atom is -0.0417 e. The van der Waals surface area contributed by atoms with Crippen molar-refractivity contribution in [1.82, 2.24) is 0 Å². The van der Waals surface area contributed by atoms with E-state index in [9.17, 15) is 0 Å². The van der Waals surface area contributed by atoms with Gasteiger partial charge in [-0.1, -0.05) is 85.0 Å². The molecule has 0 N–H and O–H groups in total. The van der Waals surface area contributed by atoms with Gasteiger partial charge in [0.05, 0.1) is 0 Å². The summed E-state index contributed by atoms with van der Waals surface area (Å²) in [6.45, 7) is 8.52. The second kappa shape index (κ2) is 11.1. The van der Waals surface area contributed by atoms with Crippen molar-refractivity contribution in [3.8, 4) is 0 Å². The van der Waals surface area contributed by atoms with E-state index in [1.165, 1.54) is 57.8 Å². The quantitative estimate of drug-likeness (QED) is 0.413. The zero-order valence-corrected chi connectivity index (χ0v) is 10.4. The summed E-state index contributed by atoms with van der Waals surface area (Å²) in [4.78, 5) is 0. The Labute approximate surface area is 91.5 Å². The summed E-state index contributed by atoms with van der Waals surface area (Å²) in [6.07, 6.45) is 13.8. The van der Waals surface area contributed by atoms with E-state index >= 15 is 0 Å². The van der Waals surface area contributed by atoms with Gasteiger partial charge in [-0.3, -0.25) is 0 Å². The van der Waals surface area contributed by atoms with Gasteiger partial charge in [0.15, 0.2) is 0 Å². The van der Waals surface area contributed by atoms with Crippen LogP contribution >= 0.6 is 0 Å². The molecule has 0 heteroatoms. The van der Waals surface area contributed by atoms with Crippen LogP contribution < -0.4 is 0 Å². The SMILES string of the molecule is [CH2]CCCCCC(CC)CCCCC. The van der Waals surface area contributed by atoms with E-state index in [0.717, 1.165) is 12.3 Å². The molecule has 0 saturated carbocycles. The first-order valence-electron chi connectivity index (χ1n) is 6.64. The maximum atomic E-state index is 3.88. The molecule has 0 bridgehead atoms. The molecule has 0 aromatic heterocycles. The maximum absolute atomic E-state index is 3.88. The van der Waals surface area contributed by atoms with Crippen LogP contribution in [0.15, 0.2) is 0 Å². The minimum Gasteiger partial charge on any atom is -0.0654 e. The fraction of sp³-hybridized carbons (Fsp3) is 0.929. The third-order valence-electron chi connectivity index (χ3n) is 3.16. The van der Waals surface area contributed by atoms with Crippen LogP contribution in [-0.2, 0) is 0 Å². The highest BCUT2D eigenvalue weighted by Crippen LogP contribution is 2.20. The van der Waals surface area contributed by atoms with Gasteiger partial charge in [-0.15, -0.1) is 0 Å². The lowest BCUT2D eigenvalue weighted by atomic mass is 9.93. The summed E-state index contributed by atoms with van der Waals surface area (Å²) in [5, 5.41) is 0. The first-order valence-corrected chi connectivity index (χ1v) is 6.64. The van der Waals surface area contributed by atoms with Gasteiger partial charge < -0.3 is 0 Å². The lowest BCUT2D eigenvalue weighted by Crippen LogP contribution is -1.98. The first-order chi connectivity index (χ1) is 6.85. The monoisotopic (exact) mass is 197 g/mol. The van der Waals surface area contributed by atoms with Crippen molar-refractivity contribution in [1.29, 1.82) is 0 Å². The second-order valence-corrected chi connectivity index (χ2v) is 4.47. The van der Waals surface area contributed by atoms with E-state index in [4.69, 9.17) is 0 Å². The summed E-state index contributed by atoms with van der Waals surface area (Å²) in [7, 11) is 0. The molecule has 85 valence electrons. The molecule has 14 heavy (non-hydrogen) atoms. The molecule has 1 unspecified atom stereocenters. The van der Waals surface area contributed by atoms with Gasteiger partial charge in [0, 0.05) is 0 Å². The predicted molar refractivity (Wildman–Crippen MR) is 66.4 cm³/mol. The Hall–Kier alpha value is 0. The summed E-state index contributed by atoms with van der Waals surface area (Å²) >= 11 is 0. The van der Waals surface area contributed by atoms with Crippen LogP contribution in [0, 0.1) is 12.8 Å². The normalized spacial score (nSPS) is 13.1. The molecule has 0 aliphatic carbocycles. The molecule has 0 aliphatic rings. The van der Waals surface area contributed by atoms with E-state index in [0.29, 0.717) is 0 Å². The highest BCUT2D eigenvalue weighted by Gasteiger charge is 2.04. The molecule has 1 atom stereocenters. The molecule has 0 fully saturated rings. The van der Waals surface area contributed by atoms with E-state index in [2.05, 4.69) is 20.8 Å². The summed E-state index contributed by atoms with van der Waals surface area (Å²) < 4.78 is 0. The average molecular weight is 197 g/mol. The van der Waals surface area contributed by atoms with Crippen molar-refractivity contribution in [3.05, 3.63) is 6.92 Å². The van der Waals surface area contributed by atoms with Crippen molar-refractivity contribution in [2.24, 2.45) is 5.92 Å². The number of rotatable bonds is 10. The molecule has 1 radical (unpaired) electrons. The first kappa shape index (κ1) is 14.0. The van der Waals surface area contributed by atoms with Gasteiger partial charge in [0.1, 0.15) is 0 Å². The fourth-order valence-corrected chi connectivity index (χ4v) is 2.02. The molecule has 0 spiro atoms. The Morgan fingerprint density at radius 3 is 2.00 bits per heavy atom. The Balaban J connectivity index is 3.28. The standard InChI is InChI=1S/C14H29/c1-4-7-9-11-13-14(6-3)12-10-8-5-2/h14H,1,4-13H2,2-3H3. The van der Waals surface area contributed by atoms with Crippen LogP contribution in [-0.4, -0.2) is 0 Å². The molecule has 0 nitrogen and oxygen atoms in total. The van der Waals surface area contributed by atoms with Gasteiger partial charge in [-0.25, -0.2) is 0 Å². The van der Waals surface area contributed by atoms with Crippen molar-refractivity contribution in [3.63, 3.8) is 0 Å². The largest absolute Gasteiger partial charge is 0.0654 e. The summed E-state index contributed by atoms with van der Waals surface area (Å²) in [5.74, 6) is 1.01. The number of hydrogen-bond acceptors (Lipinski definition) is 0. The average Bonchev–Trinajstić information content (AvgIpc) is 2.22. The molecular weight excluding hydrogens is 168 g/mol. The lowest BCUT2D eigenvalue weighted by molar-refractivity contribution is 0.398. The number of unbranched alkanes of at least 4 members (excludes halogenated alkanes) is 5. The van der Waals surface area contributed by atoms with E-state index in [1.807, 2.05) is 0 Å². The zero-order valence-electron chi connectivity index (χ0n) is 10.4. The van der Waals surface area contributed by atoms with Crippen molar-refractivity contribution in [2.45, 2.75) is 78.1 Å². The molecule has 0 rings (SSSR count). The zero-order chi connectivity index (χ0) is 10.6. The Morgan fingerprint density at radius 1 is 0.857 bits per heavy atom. The highest BCUT2D eigenvalue weighted by atomic mass is 14.1. The Morgan fingerprint density at radius 2 is 1.50 bits per heavy atom. The Kier molecular flexibility index (Phi) is 11.1. The van der Waals surface area contributed by atoms with Crippen LogP contribution in [0.3, 0.4) is 0 Å². The molecule has 0 aromatic carbocycles. The van der Waals surface area contributed by atoms with Gasteiger partial charge in [0.25, 0.3) is 0 Å². The van der Waals surface area contributed by atoms with Crippen molar-refractivity contribution in [2.75, 3.05) is 0 Å². The van der Waals surface area contributed by atoms with Crippen molar-refractivity contribution >= 4 is 0 Å². The van der Waals surface area contributed by atoms with E-state index < -0.39 is 0 Å².